The molecule has 1 unspecified atom stereocenters. The number of nitrogens with one attached hydrogen (secondary N) is 1. The van der Waals surface area contributed by atoms with Gasteiger partial charge in [0.1, 0.15) is 0 Å². The number of benzene rings is 1. The van der Waals surface area contributed by atoms with E-state index in [4.69, 9.17) is 14.2 Å². The lowest BCUT2D eigenvalue weighted by Gasteiger charge is -2.40. The average molecular weight is 489 g/mol. The van der Waals surface area contributed by atoms with Crippen molar-refractivity contribution in [2.45, 2.75) is 26.8 Å². The maximum atomic E-state index is 13.2. The molecule has 10 nitrogen and oxygen atoms in total. The van der Waals surface area contributed by atoms with Gasteiger partial charge in [-0.15, -0.1) is 0 Å². The van der Waals surface area contributed by atoms with Crippen LogP contribution in [0.5, 0.6) is 11.5 Å². The van der Waals surface area contributed by atoms with Crippen LogP contribution in [-0.2, 0) is 14.3 Å². The summed E-state index contributed by atoms with van der Waals surface area (Å²) in [6, 6.07) is 4.26. The standard InChI is InChI=1S/C25H36N4O6/c1-7-35-24(31)21-18(15-28-10-12-29(13-11-28)23(30)16(2)3)27(4)25(32)26-22(21)17-8-9-19(33-5)20(14-17)34-6/h8-9,14,16,22H,7,10-13,15H2,1-6H3,(H,26,32). The van der Waals surface area contributed by atoms with Crippen LogP contribution in [0.4, 0.5) is 4.79 Å². The Morgan fingerprint density at radius 1 is 1.09 bits per heavy atom. The summed E-state index contributed by atoms with van der Waals surface area (Å²) < 4.78 is 16.2. The van der Waals surface area contributed by atoms with Gasteiger partial charge in [-0.2, -0.15) is 0 Å². The summed E-state index contributed by atoms with van der Waals surface area (Å²) in [6.45, 7) is 8.64. The molecule has 35 heavy (non-hydrogen) atoms. The molecule has 0 radical (unpaired) electrons. The van der Waals surface area contributed by atoms with Crippen LogP contribution in [0.1, 0.15) is 32.4 Å². The van der Waals surface area contributed by atoms with Crippen molar-refractivity contribution in [2.75, 3.05) is 60.6 Å². The zero-order valence-corrected chi connectivity index (χ0v) is 21.4. The molecule has 3 rings (SSSR count). The molecular formula is C25H36N4O6. The number of urea groups is 1. The molecule has 1 aromatic rings. The van der Waals surface area contributed by atoms with E-state index in [1.807, 2.05) is 18.7 Å². The average Bonchev–Trinajstić information content (AvgIpc) is 2.86. The highest BCUT2D eigenvalue weighted by Gasteiger charge is 2.38. The number of piperazine rings is 1. The predicted molar refractivity (Wildman–Crippen MR) is 130 cm³/mol. The number of rotatable bonds is 8. The minimum atomic E-state index is -0.712. The number of hydrogen-bond donors (Lipinski definition) is 1. The Balaban J connectivity index is 1.96. The Kier molecular flexibility index (Phi) is 8.61. The highest BCUT2D eigenvalue weighted by atomic mass is 16.5. The first-order valence-electron chi connectivity index (χ1n) is 11.9. The van der Waals surface area contributed by atoms with Gasteiger partial charge in [0.05, 0.1) is 32.4 Å². The molecule has 1 atom stereocenters. The molecular weight excluding hydrogens is 452 g/mol. The maximum absolute atomic E-state index is 13.2. The normalized spacial score (nSPS) is 19.1. The predicted octanol–water partition coefficient (Wildman–Crippen LogP) is 2.02. The SMILES string of the molecule is CCOC(=O)C1=C(CN2CCN(C(=O)C(C)C)CC2)N(C)C(=O)NC1c1ccc(OC)c(OC)c1. The number of hydrogen-bond acceptors (Lipinski definition) is 7. The summed E-state index contributed by atoms with van der Waals surface area (Å²) in [5.41, 5.74) is 1.63. The van der Waals surface area contributed by atoms with Gasteiger partial charge in [-0.25, -0.2) is 9.59 Å². The summed E-state index contributed by atoms with van der Waals surface area (Å²) >= 11 is 0. The third-order valence-electron chi connectivity index (χ3n) is 6.36. The van der Waals surface area contributed by atoms with Crippen molar-refractivity contribution >= 4 is 17.9 Å². The van der Waals surface area contributed by atoms with E-state index in [0.29, 0.717) is 61.1 Å². The van der Waals surface area contributed by atoms with Crippen molar-refractivity contribution in [1.82, 2.24) is 20.0 Å². The van der Waals surface area contributed by atoms with Crippen LogP contribution in [0.25, 0.3) is 0 Å². The van der Waals surface area contributed by atoms with Crippen LogP contribution in [0, 0.1) is 5.92 Å². The highest BCUT2D eigenvalue weighted by molar-refractivity contribution is 5.95. The van der Waals surface area contributed by atoms with E-state index in [2.05, 4.69) is 10.2 Å². The van der Waals surface area contributed by atoms with E-state index in [1.54, 1.807) is 39.3 Å². The van der Waals surface area contributed by atoms with Gasteiger partial charge in [-0.3, -0.25) is 14.6 Å². The van der Waals surface area contributed by atoms with Gasteiger partial charge in [0.2, 0.25) is 5.91 Å². The fraction of sp³-hybridized carbons (Fsp3) is 0.560. The van der Waals surface area contributed by atoms with E-state index in [9.17, 15) is 14.4 Å². The van der Waals surface area contributed by atoms with Crippen molar-refractivity contribution < 1.29 is 28.6 Å². The highest BCUT2D eigenvalue weighted by Crippen LogP contribution is 2.36. The molecule has 192 valence electrons. The Morgan fingerprint density at radius 3 is 2.31 bits per heavy atom. The first kappa shape index (κ1) is 26.3. The molecule has 3 amide bonds. The van der Waals surface area contributed by atoms with E-state index >= 15 is 0 Å². The second kappa shape index (κ2) is 11.4. The molecule has 0 saturated carbocycles. The Bertz CT molecular complexity index is 984. The molecule has 1 fully saturated rings. The van der Waals surface area contributed by atoms with Crippen LogP contribution >= 0.6 is 0 Å². The van der Waals surface area contributed by atoms with Crippen LogP contribution in [0.2, 0.25) is 0 Å². The third kappa shape index (κ3) is 5.70. The molecule has 10 heteroatoms. The van der Waals surface area contributed by atoms with Crippen molar-refractivity contribution in [3.05, 3.63) is 35.0 Å². The number of carbonyl (C=O) groups is 3. The van der Waals surface area contributed by atoms with Crippen LogP contribution in [-0.4, -0.2) is 93.2 Å². The lowest BCUT2D eigenvalue weighted by Crippen LogP contribution is -2.53. The van der Waals surface area contributed by atoms with Gasteiger partial charge < -0.3 is 24.4 Å². The lowest BCUT2D eigenvalue weighted by molar-refractivity contribution is -0.139. The molecule has 1 N–H and O–H groups in total. The molecule has 0 aliphatic carbocycles. The molecule has 1 aromatic carbocycles. The second-order valence-corrected chi connectivity index (χ2v) is 8.89. The molecule has 1 saturated heterocycles. The molecule has 2 aliphatic heterocycles. The molecule has 0 aromatic heterocycles. The fourth-order valence-corrected chi connectivity index (χ4v) is 4.38. The van der Waals surface area contributed by atoms with Gasteiger partial charge in [0.25, 0.3) is 0 Å². The van der Waals surface area contributed by atoms with E-state index in [-0.39, 0.29) is 24.5 Å². The monoisotopic (exact) mass is 488 g/mol. The number of carbonyl (C=O) groups excluding carboxylic acids is 3. The van der Waals surface area contributed by atoms with E-state index < -0.39 is 12.0 Å². The fourth-order valence-electron chi connectivity index (χ4n) is 4.38. The van der Waals surface area contributed by atoms with Crippen molar-refractivity contribution in [3.8, 4) is 11.5 Å². The van der Waals surface area contributed by atoms with Gasteiger partial charge in [-0.1, -0.05) is 19.9 Å². The van der Waals surface area contributed by atoms with Crippen molar-refractivity contribution in [2.24, 2.45) is 5.92 Å². The quantitative estimate of drug-likeness (QED) is 0.559. The minimum absolute atomic E-state index is 0.0462. The zero-order valence-electron chi connectivity index (χ0n) is 21.4. The minimum Gasteiger partial charge on any atom is -0.493 e. The number of methoxy groups -OCH3 is 2. The van der Waals surface area contributed by atoms with E-state index in [1.165, 1.54) is 12.0 Å². The first-order valence-corrected chi connectivity index (χ1v) is 11.9. The number of nitrogens with zero attached hydrogens (tertiary/aromatic N) is 3. The largest absolute Gasteiger partial charge is 0.493 e. The van der Waals surface area contributed by atoms with Crippen molar-refractivity contribution in [3.63, 3.8) is 0 Å². The smallest absolute Gasteiger partial charge is 0.338 e. The van der Waals surface area contributed by atoms with Crippen molar-refractivity contribution in [1.29, 1.82) is 0 Å². The molecule has 0 spiro atoms. The lowest BCUT2D eigenvalue weighted by atomic mass is 9.94. The summed E-state index contributed by atoms with van der Waals surface area (Å²) in [5.74, 6) is 0.650. The second-order valence-electron chi connectivity index (χ2n) is 8.89. The molecule has 2 aliphatic rings. The van der Waals surface area contributed by atoms with Gasteiger partial charge >= 0.3 is 12.0 Å². The molecule has 2 heterocycles. The first-order chi connectivity index (χ1) is 16.7. The summed E-state index contributed by atoms with van der Waals surface area (Å²) in [5, 5.41) is 2.92. The van der Waals surface area contributed by atoms with Crippen LogP contribution < -0.4 is 14.8 Å². The van der Waals surface area contributed by atoms with Crippen LogP contribution in [0.3, 0.4) is 0 Å². The van der Waals surface area contributed by atoms with Gasteiger partial charge in [-0.05, 0) is 24.6 Å². The molecule has 0 bridgehead atoms. The summed E-state index contributed by atoms with van der Waals surface area (Å²) in [4.78, 5) is 44.0. The number of amides is 3. The number of ether oxygens (including phenoxy) is 3. The van der Waals surface area contributed by atoms with Gasteiger partial charge in [0, 0.05) is 51.4 Å². The Hall–Kier alpha value is -3.27. The maximum Gasteiger partial charge on any atom is 0.338 e. The third-order valence-corrected chi connectivity index (χ3v) is 6.36. The van der Waals surface area contributed by atoms with Gasteiger partial charge in [0.15, 0.2) is 11.5 Å². The Labute approximate surface area is 206 Å². The summed E-state index contributed by atoms with van der Waals surface area (Å²) in [6.07, 6.45) is 0. The van der Waals surface area contributed by atoms with Crippen LogP contribution in [0.15, 0.2) is 29.5 Å². The number of likely N-dealkylation sites (N-methyl/N-ethyl adjacent to an activating group) is 1. The zero-order chi connectivity index (χ0) is 25.7. The van der Waals surface area contributed by atoms with E-state index in [0.717, 1.165) is 0 Å². The summed E-state index contributed by atoms with van der Waals surface area (Å²) in [7, 11) is 4.73. The number of esters is 1. The topological polar surface area (TPSA) is 101 Å². The Morgan fingerprint density at radius 2 is 1.74 bits per heavy atom.